The summed E-state index contributed by atoms with van der Waals surface area (Å²) in [7, 11) is 0. The van der Waals surface area contributed by atoms with Crippen LogP contribution in [-0.4, -0.2) is 47.7 Å². The summed E-state index contributed by atoms with van der Waals surface area (Å²) in [5, 5.41) is 9.25. The number of nitrogens with zero attached hydrogens (tertiary/aromatic N) is 1. The summed E-state index contributed by atoms with van der Waals surface area (Å²) in [4.78, 5) is 24.6. The molecular weight excluding hydrogens is 337 g/mol. The van der Waals surface area contributed by atoms with E-state index in [1.54, 1.807) is 18.2 Å². The standard InChI is InChI=1S/C12H11BrClNO4/c13-7-1-2-9(14)8(5-7)11(16)15-3-4-19-10(6-15)12(17)18/h1-2,5,10H,3-4,6H2,(H,17,18)/t10-/m0/s1. The first-order chi connectivity index (χ1) is 8.99. The number of carbonyl (C=O) groups excluding carboxylic acids is 1. The third-order valence-corrected chi connectivity index (χ3v) is 3.61. The lowest BCUT2D eigenvalue weighted by molar-refractivity contribution is -0.154. The molecular formula is C12H11BrClNO4. The van der Waals surface area contributed by atoms with Gasteiger partial charge in [-0.15, -0.1) is 0 Å². The third-order valence-electron chi connectivity index (χ3n) is 2.79. The topological polar surface area (TPSA) is 66.8 Å². The fourth-order valence-corrected chi connectivity index (χ4v) is 2.37. The highest BCUT2D eigenvalue weighted by atomic mass is 79.9. The Hall–Kier alpha value is -1.11. The number of benzene rings is 1. The number of ether oxygens (including phenoxy) is 1. The van der Waals surface area contributed by atoms with Crippen molar-refractivity contribution in [2.45, 2.75) is 6.10 Å². The second-order valence-corrected chi connectivity index (χ2v) is 5.40. The van der Waals surface area contributed by atoms with Gasteiger partial charge in [-0.3, -0.25) is 4.79 Å². The minimum Gasteiger partial charge on any atom is -0.479 e. The largest absolute Gasteiger partial charge is 0.479 e. The summed E-state index contributed by atoms with van der Waals surface area (Å²) in [6.45, 7) is 0.580. The van der Waals surface area contributed by atoms with Crippen molar-refractivity contribution in [3.8, 4) is 0 Å². The first-order valence-corrected chi connectivity index (χ1v) is 6.75. The number of hydrogen-bond donors (Lipinski definition) is 1. The molecule has 2 rings (SSSR count). The predicted molar refractivity (Wildman–Crippen MR) is 72.4 cm³/mol. The van der Waals surface area contributed by atoms with Gasteiger partial charge in [0.1, 0.15) is 0 Å². The Bertz CT molecular complexity index is 522. The highest BCUT2D eigenvalue weighted by molar-refractivity contribution is 9.10. The summed E-state index contributed by atoms with van der Waals surface area (Å²) in [6, 6.07) is 4.97. The Morgan fingerprint density at radius 1 is 1.47 bits per heavy atom. The van der Waals surface area contributed by atoms with Crippen LogP contribution in [0.1, 0.15) is 10.4 Å². The maximum atomic E-state index is 12.3. The van der Waals surface area contributed by atoms with E-state index in [4.69, 9.17) is 21.4 Å². The highest BCUT2D eigenvalue weighted by Crippen LogP contribution is 2.23. The highest BCUT2D eigenvalue weighted by Gasteiger charge is 2.30. The summed E-state index contributed by atoms with van der Waals surface area (Å²) in [5.41, 5.74) is 0.349. The van der Waals surface area contributed by atoms with Gasteiger partial charge in [-0.25, -0.2) is 4.79 Å². The van der Waals surface area contributed by atoms with E-state index in [0.717, 1.165) is 4.47 Å². The SMILES string of the molecule is O=C(O)[C@@H]1CN(C(=O)c2cc(Br)ccc2Cl)CCO1. The average Bonchev–Trinajstić information content (AvgIpc) is 2.41. The molecule has 19 heavy (non-hydrogen) atoms. The molecule has 5 nitrogen and oxygen atoms in total. The molecule has 1 aromatic rings. The van der Waals surface area contributed by atoms with E-state index in [0.29, 0.717) is 17.1 Å². The molecule has 1 fully saturated rings. The fourth-order valence-electron chi connectivity index (χ4n) is 1.81. The van der Waals surface area contributed by atoms with Gasteiger partial charge in [-0.2, -0.15) is 0 Å². The normalized spacial score (nSPS) is 19.3. The van der Waals surface area contributed by atoms with Gasteiger partial charge >= 0.3 is 5.97 Å². The Labute approximate surface area is 123 Å². The van der Waals surface area contributed by atoms with E-state index in [1.807, 2.05) is 0 Å². The van der Waals surface area contributed by atoms with Crippen LogP contribution in [0.15, 0.2) is 22.7 Å². The fraction of sp³-hybridized carbons (Fsp3) is 0.333. The molecule has 1 amide bonds. The van der Waals surface area contributed by atoms with Gasteiger partial charge in [0, 0.05) is 11.0 Å². The molecule has 1 heterocycles. The maximum Gasteiger partial charge on any atom is 0.334 e. The van der Waals surface area contributed by atoms with Crippen LogP contribution in [-0.2, 0) is 9.53 Å². The number of hydrogen-bond acceptors (Lipinski definition) is 3. The van der Waals surface area contributed by atoms with Crippen molar-refractivity contribution in [3.63, 3.8) is 0 Å². The second kappa shape index (κ2) is 5.90. The van der Waals surface area contributed by atoms with E-state index in [-0.39, 0.29) is 19.1 Å². The van der Waals surface area contributed by atoms with E-state index >= 15 is 0 Å². The zero-order valence-electron chi connectivity index (χ0n) is 9.81. The molecule has 0 radical (unpaired) electrons. The molecule has 1 saturated heterocycles. The molecule has 0 spiro atoms. The van der Waals surface area contributed by atoms with Crippen molar-refractivity contribution in [1.29, 1.82) is 0 Å². The molecule has 0 bridgehead atoms. The number of halogens is 2. The van der Waals surface area contributed by atoms with E-state index in [1.165, 1.54) is 4.90 Å². The summed E-state index contributed by atoms with van der Waals surface area (Å²) in [5.74, 6) is -1.36. The predicted octanol–water partition coefficient (Wildman–Crippen LogP) is 2.03. The number of carboxylic acids is 1. The molecule has 102 valence electrons. The Morgan fingerprint density at radius 3 is 2.89 bits per heavy atom. The molecule has 7 heteroatoms. The van der Waals surface area contributed by atoms with Crippen LogP contribution >= 0.6 is 27.5 Å². The molecule has 0 aromatic heterocycles. The van der Waals surface area contributed by atoms with E-state index < -0.39 is 12.1 Å². The van der Waals surface area contributed by atoms with Crippen molar-refractivity contribution in [2.24, 2.45) is 0 Å². The van der Waals surface area contributed by atoms with Gasteiger partial charge in [-0.05, 0) is 18.2 Å². The van der Waals surface area contributed by atoms with Crippen molar-refractivity contribution in [2.75, 3.05) is 19.7 Å². The Kier molecular flexibility index (Phi) is 4.44. The van der Waals surface area contributed by atoms with Crippen LogP contribution in [0.25, 0.3) is 0 Å². The number of morpholine rings is 1. The van der Waals surface area contributed by atoms with Gasteiger partial charge in [0.2, 0.25) is 0 Å². The molecule has 1 atom stereocenters. The van der Waals surface area contributed by atoms with Crippen LogP contribution in [0.5, 0.6) is 0 Å². The average molecular weight is 349 g/mol. The zero-order chi connectivity index (χ0) is 14.0. The number of aliphatic carboxylic acids is 1. The summed E-state index contributed by atoms with van der Waals surface area (Å²) >= 11 is 9.27. The van der Waals surface area contributed by atoms with Crippen LogP contribution in [0.2, 0.25) is 5.02 Å². The lowest BCUT2D eigenvalue weighted by atomic mass is 10.1. The van der Waals surface area contributed by atoms with E-state index in [9.17, 15) is 9.59 Å². The molecule has 1 aliphatic rings. The minimum absolute atomic E-state index is 0.0248. The first-order valence-electron chi connectivity index (χ1n) is 5.58. The third kappa shape index (κ3) is 3.26. The zero-order valence-corrected chi connectivity index (χ0v) is 12.1. The van der Waals surface area contributed by atoms with Crippen molar-refractivity contribution in [1.82, 2.24) is 4.90 Å². The van der Waals surface area contributed by atoms with Crippen LogP contribution in [0, 0.1) is 0 Å². The van der Waals surface area contributed by atoms with Gasteiger partial charge in [0.25, 0.3) is 5.91 Å². The molecule has 0 unspecified atom stereocenters. The maximum absolute atomic E-state index is 12.3. The van der Waals surface area contributed by atoms with Crippen LogP contribution < -0.4 is 0 Å². The van der Waals surface area contributed by atoms with Crippen molar-refractivity contribution < 1.29 is 19.4 Å². The number of carboxylic acid groups (broad SMARTS) is 1. The molecule has 0 saturated carbocycles. The molecule has 1 aromatic carbocycles. The summed E-state index contributed by atoms with van der Waals surface area (Å²) < 4.78 is 5.81. The Balaban J connectivity index is 2.19. The number of amides is 1. The van der Waals surface area contributed by atoms with Crippen molar-refractivity contribution in [3.05, 3.63) is 33.3 Å². The number of rotatable bonds is 2. The monoisotopic (exact) mass is 347 g/mol. The summed E-state index contributed by atoms with van der Waals surface area (Å²) in [6.07, 6.45) is -0.983. The van der Waals surface area contributed by atoms with Gasteiger partial charge in [-0.1, -0.05) is 27.5 Å². The van der Waals surface area contributed by atoms with Crippen LogP contribution in [0.4, 0.5) is 0 Å². The smallest absolute Gasteiger partial charge is 0.334 e. The Morgan fingerprint density at radius 2 is 2.21 bits per heavy atom. The first kappa shape index (κ1) is 14.3. The van der Waals surface area contributed by atoms with Gasteiger partial charge in [0.05, 0.1) is 23.7 Å². The molecule has 1 aliphatic heterocycles. The van der Waals surface area contributed by atoms with Gasteiger partial charge in [0.15, 0.2) is 6.10 Å². The van der Waals surface area contributed by atoms with Crippen molar-refractivity contribution >= 4 is 39.4 Å². The molecule has 1 N–H and O–H groups in total. The quantitative estimate of drug-likeness (QED) is 0.888. The van der Waals surface area contributed by atoms with E-state index in [2.05, 4.69) is 15.9 Å². The lowest BCUT2D eigenvalue weighted by Crippen LogP contribution is -2.48. The number of carbonyl (C=O) groups is 2. The molecule has 0 aliphatic carbocycles. The lowest BCUT2D eigenvalue weighted by Gasteiger charge is -2.31. The van der Waals surface area contributed by atoms with Gasteiger partial charge < -0.3 is 14.7 Å². The second-order valence-electron chi connectivity index (χ2n) is 4.07. The minimum atomic E-state index is -1.07. The van der Waals surface area contributed by atoms with Crippen LogP contribution in [0.3, 0.4) is 0 Å².